The lowest BCUT2D eigenvalue weighted by atomic mass is 10.0. The summed E-state index contributed by atoms with van der Waals surface area (Å²) in [5.41, 5.74) is 2.63. The molecule has 0 atom stereocenters. The van der Waals surface area contributed by atoms with Crippen LogP contribution in [0.1, 0.15) is 16.7 Å². The molecule has 0 fully saturated rings. The lowest BCUT2D eigenvalue weighted by Gasteiger charge is -2.13. The number of rotatable bonds is 6. The Bertz CT molecular complexity index is 1040. The van der Waals surface area contributed by atoms with Crippen LogP contribution in [0.15, 0.2) is 71.2 Å². The second kappa shape index (κ2) is 9.20. The van der Waals surface area contributed by atoms with E-state index in [-0.39, 0.29) is 5.82 Å². The highest BCUT2D eigenvalue weighted by Crippen LogP contribution is 2.36. The largest absolute Gasteiger partial charge is 0.493 e. The van der Waals surface area contributed by atoms with Gasteiger partial charge in [0.25, 0.3) is 0 Å². The normalized spacial score (nSPS) is 11.0. The first kappa shape index (κ1) is 19.7. The van der Waals surface area contributed by atoms with Crippen LogP contribution in [-0.4, -0.2) is 7.11 Å². The molecule has 0 bridgehead atoms. The van der Waals surface area contributed by atoms with Crippen LogP contribution in [0.5, 0.6) is 11.5 Å². The lowest BCUT2D eigenvalue weighted by Crippen LogP contribution is -1.98. The number of nitrogens with zero attached hydrogens (tertiary/aromatic N) is 1. The third kappa shape index (κ3) is 4.79. The van der Waals surface area contributed by atoms with E-state index in [1.165, 1.54) is 12.1 Å². The van der Waals surface area contributed by atoms with Crippen LogP contribution < -0.4 is 9.47 Å². The van der Waals surface area contributed by atoms with Gasteiger partial charge in [0.2, 0.25) is 0 Å². The van der Waals surface area contributed by atoms with Crippen molar-refractivity contribution in [1.29, 1.82) is 5.26 Å². The maximum Gasteiger partial charge on any atom is 0.162 e. The molecule has 0 amide bonds. The number of methoxy groups -OCH3 is 1. The van der Waals surface area contributed by atoms with Crippen molar-refractivity contribution in [3.63, 3.8) is 0 Å². The highest BCUT2D eigenvalue weighted by atomic mass is 79.9. The van der Waals surface area contributed by atoms with Crippen LogP contribution in [0.2, 0.25) is 0 Å². The molecule has 3 nitrogen and oxygen atoms in total. The summed E-state index contributed by atoms with van der Waals surface area (Å²) in [5, 5.41) is 9.50. The molecule has 3 aromatic rings. The van der Waals surface area contributed by atoms with Crippen LogP contribution in [0, 0.1) is 17.1 Å². The number of benzene rings is 3. The molecule has 0 saturated heterocycles. The van der Waals surface area contributed by atoms with E-state index in [9.17, 15) is 9.65 Å². The van der Waals surface area contributed by atoms with Gasteiger partial charge in [0.05, 0.1) is 18.8 Å². The lowest BCUT2D eigenvalue weighted by molar-refractivity contribution is 0.284. The first-order valence-electron chi connectivity index (χ1n) is 8.52. The van der Waals surface area contributed by atoms with Gasteiger partial charge in [-0.15, -0.1) is 0 Å². The summed E-state index contributed by atoms with van der Waals surface area (Å²) >= 11 is 3.52. The van der Waals surface area contributed by atoms with Gasteiger partial charge in [0.15, 0.2) is 11.5 Å². The van der Waals surface area contributed by atoms with E-state index >= 15 is 0 Å². The summed E-state index contributed by atoms with van der Waals surface area (Å²) in [5.74, 6) is 0.738. The standard InChI is InChI=1S/C23H17BrFNO2/c1-27-22-12-18(10-19(14-26)17-8-5-9-20(25)11-17)21(24)13-23(22)28-15-16-6-3-2-4-7-16/h2-13H,15H2,1H3/b19-10-. The third-order valence-corrected chi connectivity index (χ3v) is 4.76. The molecule has 3 rings (SSSR count). The van der Waals surface area contributed by atoms with Gasteiger partial charge in [-0.25, -0.2) is 4.39 Å². The SMILES string of the molecule is COc1cc(/C=C(/C#N)c2cccc(F)c2)c(Br)cc1OCc1ccccc1. The van der Waals surface area contributed by atoms with Gasteiger partial charge in [-0.1, -0.05) is 58.4 Å². The number of nitriles is 1. The number of hydrogen-bond donors (Lipinski definition) is 0. The van der Waals surface area contributed by atoms with E-state index in [2.05, 4.69) is 22.0 Å². The molecule has 0 saturated carbocycles. The molecule has 28 heavy (non-hydrogen) atoms. The monoisotopic (exact) mass is 437 g/mol. The van der Waals surface area contributed by atoms with Crippen molar-refractivity contribution in [3.05, 3.63) is 93.7 Å². The molecule has 0 aliphatic rings. The zero-order chi connectivity index (χ0) is 19.9. The summed E-state index contributed by atoms with van der Waals surface area (Å²) in [4.78, 5) is 0. The smallest absolute Gasteiger partial charge is 0.162 e. The second-order valence-electron chi connectivity index (χ2n) is 5.98. The van der Waals surface area contributed by atoms with E-state index in [1.807, 2.05) is 30.3 Å². The van der Waals surface area contributed by atoms with Gasteiger partial charge in [0.1, 0.15) is 12.4 Å². The average Bonchev–Trinajstić information content (AvgIpc) is 2.72. The van der Waals surface area contributed by atoms with Gasteiger partial charge >= 0.3 is 0 Å². The number of halogens is 2. The maximum absolute atomic E-state index is 13.5. The Balaban J connectivity index is 1.91. The molecule has 0 heterocycles. The van der Waals surface area contributed by atoms with Crippen molar-refractivity contribution in [2.24, 2.45) is 0 Å². The molecule has 0 aliphatic carbocycles. The van der Waals surface area contributed by atoms with Crippen molar-refractivity contribution in [1.82, 2.24) is 0 Å². The van der Waals surface area contributed by atoms with Gasteiger partial charge in [-0.3, -0.25) is 0 Å². The van der Waals surface area contributed by atoms with Crippen molar-refractivity contribution in [2.75, 3.05) is 7.11 Å². The molecule has 0 spiro atoms. The first-order chi connectivity index (χ1) is 13.6. The molecule has 0 unspecified atom stereocenters. The summed E-state index contributed by atoms with van der Waals surface area (Å²) in [7, 11) is 1.56. The topological polar surface area (TPSA) is 42.2 Å². The fraction of sp³-hybridized carbons (Fsp3) is 0.0870. The fourth-order valence-corrected chi connectivity index (χ4v) is 3.10. The Morgan fingerprint density at radius 1 is 1.07 bits per heavy atom. The summed E-state index contributed by atoms with van der Waals surface area (Å²) in [6.45, 7) is 0.408. The third-order valence-electron chi connectivity index (χ3n) is 4.08. The quantitative estimate of drug-likeness (QED) is 0.338. The number of allylic oxidation sites excluding steroid dienone is 1. The Kier molecular flexibility index (Phi) is 6.46. The van der Waals surface area contributed by atoms with Crippen molar-refractivity contribution >= 4 is 27.6 Å². The molecule has 0 N–H and O–H groups in total. The fourth-order valence-electron chi connectivity index (χ4n) is 2.66. The minimum atomic E-state index is -0.389. The minimum Gasteiger partial charge on any atom is -0.493 e. The Labute approximate surface area is 171 Å². The molecule has 140 valence electrons. The maximum atomic E-state index is 13.5. The number of ether oxygens (including phenoxy) is 2. The van der Waals surface area contributed by atoms with Crippen LogP contribution in [0.3, 0.4) is 0 Å². The van der Waals surface area contributed by atoms with Gasteiger partial charge in [-0.05, 0) is 47.0 Å². The predicted octanol–water partition coefficient (Wildman–Crippen LogP) is 6.24. The highest BCUT2D eigenvalue weighted by molar-refractivity contribution is 9.10. The van der Waals surface area contributed by atoms with Crippen LogP contribution in [0.25, 0.3) is 11.6 Å². The van der Waals surface area contributed by atoms with E-state index in [1.54, 1.807) is 37.5 Å². The van der Waals surface area contributed by atoms with Gasteiger partial charge in [-0.2, -0.15) is 5.26 Å². The molecule has 0 aliphatic heterocycles. The minimum absolute atomic E-state index is 0.347. The molecule has 0 aromatic heterocycles. The second-order valence-corrected chi connectivity index (χ2v) is 6.83. The van der Waals surface area contributed by atoms with Crippen LogP contribution in [0.4, 0.5) is 4.39 Å². The highest BCUT2D eigenvalue weighted by Gasteiger charge is 2.11. The van der Waals surface area contributed by atoms with E-state index in [0.29, 0.717) is 29.2 Å². The predicted molar refractivity (Wildman–Crippen MR) is 111 cm³/mol. The Morgan fingerprint density at radius 2 is 1.86 bits per heavy atom. The molecular formula is C23H17BrFNO2. The van der Waals surface area contributed by atoms with Crippen LogP contribution in [-0.2, 0) is 6.61 Å². The van der Waals surface area contributed by atoms with E-state index in [0.717, 1.165) is 15.6 Å². The zero-order valence-electron chi connectivity index (χ0n) is 15.2. The Hall–Kier alpha value is -3.10. The summed E-state index contributed by atoms with van der Waals surface area (Å²) < 4.78 is 25.6. The van der Waals surface area contributed by atoms with Crippen molar-refractivity contribution in [2.45, 2.75) is 6.61 Å². The number of hydrogen-bond acceptors (Lipinski definition) is 3. The average molecular weight is 438 g/mol. The molecule has 3 aromatic carbocycles. The van der Waals surface area contributed by atoms with E-state index in [4.69, 9.17) is 9.47 Å². The molecule has 0 radical (unpaired) electrons. The van der Waals surface area contributed by atoms with Crippen molar-refractivity contribution < 1.29 is 13.9 Å². The van der Waals surface area contributed by atoms with Crippen LogP contribution >= 0.6 is 15.9 Å². The molecular weight excluding hydrogens is 421 g/mol. The zero-order valence-corrected chi connectivity index (χ0v) is 16.7. The Morgan fingerprint density at radius 3 is 2.54 bits per heavy atom. The van der Waals surface area contributed by atoms with E-state index < -0.39 is 0 Å². The molecule has 5 heteroatoms. The first-order valence-corrected chi connectivity index (χ1v) is 9.32. The van der Waals surface area contributed by atoms with Gasteiger partial charge < -0.3 is 9.47 Å². The summed E-state index contributed by atoms with van der Waals surface area (Å²) in [6.07, 6.45) is 1.68. The van der Waals surface area contributed by atoms with Crippen molar-refractivity contribution in [3.8, 4) is 17.6 Å². The van der Waals surface area contributed by atoms with Gasteiger partial charge in [0, 0.05) is 4.47 Å². The summed E-state index contributed by atoms with van der Waals surface area (Å²) in [6, 6.07) is 21.5.